The molecule has 4 heteroatoms. The van der Waals surface area contributed by atoms with Gasteiger partial charge >= 0.3 is 0 Å². The Labute approximate surface area is 182 Å². The fourth-order valence-electron chi connectivity index (χ4n) is 4.76. The molecule has 1 aliphatic heterocycles. The van der Waals surface area contributed by atoms with Crippen LogP contribution in [0.5, 0.6) is 0 Å². The van der Waals surface area contributed by atoms with E-state index in [-0.39, 0.29) is 5.91 Å². The van der Waals surface area contributed by atoms with E-state index in [9.17, 15) is 4.79 Å². The first-order chi connectivity index (χ1) is 14.7. The highest BCUT2D eigenvalue weighted by Gasteiger charge is 2.23. The van der Waals surface area contributed by atoms with E-state index < -0.39 is 0 Å². The van der Waals surface area contributed by atoms with Crippen molar-refractivity contribution in [2.45, 2.75) is 77.2 Å². The zero-order chi connectivity index (χ0) is 21.2. The minimum atomic E-state index is 0.120. The van der Waals surface area contributed by atoms with E-state index in [0.29, 0.717) is 25.3 Å². The van der Waals surface area contributed by atoms with E-state index in [4.69, 9.17) is 5.26 Å². The predicted molar refractivity (Wildman–Crippen MR) is 123 cm³/mol. The van der Waals surface area contributed by atoms with Crippen LogP contribution in [0.15, 0.2) is 30.3 Å². The molecule has 0 bridgehead atoms. The number of benzene rings is 1. The number of amides is 1. The summed E-state index contributed by atoms with van der Waals surface area (Å²) in [7, 11) is 0. The van der Waals surface area contributed by atoms with Crippen LogP contribution in [0.25, 0.3) is 5.57 Å². The van der Waals surface area contributed by atoms with E-state index in [0.717, 1.165) is 44.7 Å². The van der Waals surface area contributed by atoms with Crippen molar-refractivity contribution in [2.75, 3.05) is 19.6 Å². The molecule has 1 N–H and O–H groups in total. The van der Waals surface area contributed by atoms with Crippen LogP contribution in [0.2, 0.25) is 0 Å². The summed E-state index contributed by atoms with van der Waals surface area (Å²) in [5, 5.41) is 11.7. The molecule has 2 aliphatic rings. The lowest BCUT2D eigenvalue weighted by molar-refractivity contribution is -0.122. The summed E-state index contributed by atoms with van der Waals surface area (Å²) in [5.74, 6) is 0.914. The van der Waals surface area contributed by atoms with E-state index in [1.807, 2.05) is 0 Å². The van der Waals surface area contributed by atoms with Gasteiger partial charge in [0, 0.05) is 32.0 Å². The molecule has 1 aromatic carbocycles. The topological polar surface area (TPSA) is 56.1 Å². The number of nitrogens with zero attached hydrogens (tertiary/aromatic N) is 2. The highest BCUT2D eigenvalue weighted by atomic mass is 16.1. The molecule has 30 heavy (non-hydrogen) atoms. The van der Waals surface area contributed by atoms with E-state index in [1.54, 1.807) is 0 Å². The number of unbranched alkanes of at least 4 members (excludes halogenated alkanes) is 1. The van der Waals surface area contributed by atoms with E-state index in [1.165, 1.54) is 42.5 Å². The van der Waals surface area contributed by atoms with Crippen molar-refractivity contribution < 1.29 is 4.79 Å². The number of nitrogens with one attached hydrogen (secondary N) is 1. The summed E-state index contributed by atoms with van der Waals surface area (Å²) in [5.41, 5.74) is 4.33. The number of hydrogen-bond acceptors (Lipinski definition) is 3. The number of carbonyl (C=O) groups excluding carboxylic acids is 1. The molecule has 1 fully saturated rings. The summed E-state index contributed by atoms with van der Waals surface area (Å²) in [6.07, 6.45) is 12.2. The Morgan fingerprint density at radius 3 is 2.80 bits per heavy atom. The number of carbonyl (C=O) groups is 1. The normalized spacial score (nSPS) is 22.2. The molecule has 1 aromatic rings. The third-order valence-electron chi connectivity index (χ3n) is 6.76. The maximum Gasteiger partial charge on any atom is 0.220 e. The minimum absolute atomic E-state index is 0.120. The molecule has 1 amide bonds. The lowest BCUT2D eigenvalue weighted by Crippen LogP contribution is -2.38. The standard InChI is InChI=1S/C26H37N3O/c1-2-21-6-5-7-24(20-21)23-14-18-29(19-15-23)17-13-22-9-11-25(12-10-22)28-26(30)8-3-4-16-27/h5-7,14,20,22,25H,2-4,8-13,15,17-19H2,1H3,(H,28,30)/t22-,25-. The van der Waals surface area contributed by atoms with Crippen LogP contribution in [-0.2, 0) is 11.2 Å². The van der Waals surface area contributed by atoms with Crippen molar-refractivity contribution in [3.05, 3.63) is 41.5 Å². The van der Waals surface area contributed by atoms with Gasteiger partial charge in [-0.1, -0.05) is 37.3 Å². The average molecular weight is 408 g/mol. The smallest absolute Gasteiger partial charge is 0.220 e. The molecule has 0 atom stereocenters. The maximum absolute atomic E-state index is 11.9. The summed E-state index contributed by atoms with van der Waals surface area (Å²) in [4.78, 5) is 14.5. The van der Waals surface area contributed by atoms with Crippen molar-refractivity contribution in [3.63, 3.8) is 0 Å². The third kappa shape index (κ3) is 6.99. The van der Waals surface area contributed by atoms with Crippen LogP contribution in [0.1, 0.15) is 75.8 Å². The number of nitriles is 1. The molecule has 1 heterocycles. The zero-order valence-corrected chi connectivity index (χ0v) is 18.5. The lowest BCUT2D eigenvalue weighted by atomic mass is 9.84. The molecular formula is C26H37N3O. The van der Waals surface area contributed by atoms with Crippen LogP contribution >= 0.6 is 0 Å². The fourth-order valence-corrected chi connectivity index (χ4v) is 4.76. The highest BCUT2D eigenvalue weighted by Crippen LogP contribution is 2.28. The van der Waals surface area contributed by atoms with Gasteiger partial charge in [-0.15, -0.1) is 0 Å². The molecule has 4 nitrogen and oxygen atoms in total. The van der Waals surface area contributed by atoms with Crippen molar-refractivity contribution >= 4 is 11.5 Å². The zero-order valence-electron chi connectivity index (χ0n) is 18.5. The van der Waals surface area contributed by atoms with Gasteiger partial charge < -0.3 is 5.32 Å². The highest BCUT2D eigenvalue weighted by molar-refractivity contribution is 5.76. The molecular weight excluding hydrogens is 370 g/mol. The monoisotopic (exact) mass is 407 g/mol. The average Bonchev–Trinajstić information content (AvgIpc) is 2.79. The summed E-state index contributed by atoms with van der Waals surface area (Å²) < 4.78 is 0. The molecule has 0 saturated heterocycles. The molecule has 0 unspecified atom stereocenters. The Morgan fingerprint density at radius 2 is 2.10 bits per heavy atom. The molecule has 162 valence electrons. The van der Waals surface area contributed by atoms with Crippen LogP contribution in [0, 0.1) is 17.2 Å². The fraction of sp³-hybridized carbons (Fsp3) is 0.615. The SMILES string of the molecule is CCc1cccc(C2=CCN(CC[C@H]3CC[C@H](NC(=O)CCCC#N)CC3)CC2)c1. The Balaban J connectivity index is 1.34. The van der Waals surface area contributed by atoms with Gasteiger partial charge in [0.25, 0.3) is 0 Å². The van der Waals surface area contributed by atoms with Crippen molar-refractivity contribution in [1.82, 2.24) is 10.2 Å². The second-order valence-electron chi connectivity index (χ2n) is 8.92. The van der Waals surface area contributed by atoms with Gasteiger partial charge in [0.15, 0.2) is 0 Å². The summed E-state index contributed by atoms with van der Waals surface area (Å²) in [6.45, 7) is 5.64. The van der Waals surface area contributed by atoms with Gasteiger partial charge in [-0.2, -0.15) is 5.26 Å². The Kier molecular flexibility index (Phi) is 8.96. The van der Waals surface area contributed by atoms with Gasteiger partial charge in [-0.05, 0) is 80.5 Å². The number of rotatable bonds is 9. The lowest BCUT2D eigenvalue weighted by Gasteiger charge is -2.32. The quantitative estimate of drug-likeness (QED) is 0.580. The predicted octanol–water partition coefficient (Wildman–Crippen LogP) is 5.10. The van der Waals surface area contributed by atoms with Gasteiger partial charge in [-0.25, -0.2) is 0 Å². The van der Waals surface area contributed by atoms with Crippen LogP contribution in [0.3, 0.4) is 0 Å². The van der Waals surface area contributed by atoms with Gasteiger partial charge in [0.2, 0.25) is 5.91 Å². The van der Waals surface area contributed by atoms with Crippen molar-refractivity contribution in [2.24, 2.45) is 5.92 Å². The first-order valence-corrected chi connectivity index (χ1v) is 11.8. The molecule has 3 rings (SSSR count). The Morgan fingerprint density at radius 1 is 1.27 bits per heavy atom. The number of hydrogen-bond donors (Lipinski definition) is 1. The molecule has 1 saturated carbocycles. The van der Waals surface area contributed by atoms with Crippen LogP contribution in [-0.4, -0.2) is 36.5 Å². The second-order valence-corrected chi connectivity index (χ2v) is 8.92. The van der Waals surface area contributed by atoms with Gasteiger partial charge in [-0.3, -0.25) is 9.69 Å². The third-order valence-corrected chi connectivity index (χ3v) is 6.76. The molecule has 1 aliphatic carbocycles. The van der Waals surface area contributed by atoms with E-state index >= 15 is 0 Å². The Hall–Kier alpha value is -2.12. The first kappa shape index (κ1) is 22.6. The van der Waals surface area contributed by atoms with Gasteiger partial charge in [0.05, 0.1) is 6.07 Å². The van der Waals surface area contributed by atoms with Crippen molar-refractivity contribution in [3.8, 4) is 6.07 Å². The minimum Gasteiger partial charge on any atom is -0.353 e. The van der Waals surface area contributed by atoms with Gasteiger partial charge in [0.1, 0.15) is 0 Å². The molecule has 0 spiro atoms. The van der Waals surface area contributed by atoms with Crippen LogP contribution < -0.4 is 5.32 Å². The van der Waals surface area contributed by atoms with E-state index in [2.05, 4.69) is 53.6 Å². The first-order valence-electron chi connectivity index (χ1n) is 11.8. The molecule has 0 aromatic heterocycles. The molecule has 0 radical (unpaired) electrons. The maximum atomic E-state index is 11.9. The summed E-state index contributed by atoms with van der Waals surface area (Å²) >= 11 is 0. The number of aryl methyl sites for hydroxylation is 1. The second kappa shape index (κ2) is 11.9. The Bertz CT molecular complexity index is 756. The summed E-state index contributed by atoms with van der Waals surface area (Å²) in [6, 6.07) is 11.4. The van der Waals surface area contributed by atoms with Crippen LogP contribution in [0.4, 0.5) is 0 Å². The van der Waals surface area contributed by atoms with Crippen molar-refractivity contribution in [1.29, 1.82) is 5.26 Å². The largest absolute Gasteiger partial charge is 0.353 e.